The maximum Gasteiger partial charge on any atom is 1.00 e. The molecule has 0 bridgehead atoms. The van der Waals surface area contributed by atoms with Crippen LogP contribution in [0.25, 0.3) is 0 Å². The number of carbonyl (C=O) groups excluding carboxylic acids is 1. The Hall–Kier alpha value is 0.380. The van der Waals surface area contributed by atoms with Crippen LogP contribution < -0.4 is 39.4 Å². The average Bonchev–Trinajstić information content (AvgIpc) is 2.60. The van der Waals surface area contributed by atoms with Crippen LogP contribution in [0.3, 0.4) is 0 Å². The number of hydrogen-bond acceptors (Lipinski definition) is 4. The molecule has 0 heterocycles. The fourth-order valence-electron chi connectivity index (χ4n) is 3.08. The van der Waals surface area contributed by atoms with E-state index >= 15 is 0 Å². The van der Waals surface area contributed by atoms with Gasteiger partial charge in [0.25, 0.3) is 0 Å². The van der Waals surface area contributed by atoms with E-state index < -0.39 is 22.5 Å². The monoisotopic (exact) mass is 413 g/mol. The summed E-state index contributed by atoms with van der Waals surface area (Å²) in [6.45, 7) is 1.62. The molecule has 0 aromatic carbocycles. The minimum atomic E-state index is -3.47. The summed E-state index contributed by atoms with van der Waals surface area (Å²) in [5.74, 6) is -1.40. The number of rotatable bonds is 20. The molecule has 0 radical (unpaired) electrons. The molecule has 0 spiro atoms. The normalized spacial score (nSPS) is 11.3. The van der Waals surface area contributed by atoms with Crippen molar-refractivity contribution in [3.63, 3.8) is 0 Å². The van der Waals surface area contributed by atoms with Crippen molar-refractivity contribution in [2.24, 2.45) is 0 Å². The van der Waals surface area contributed by atoms with Gasteiger partial charge < -0.3 is 9.90 Å². The third-order valence-electron chi connectivity index (χ3n) is 4.70. The Balaban J connectivity index is 0. The summed E-state index contributed by atoms with van der Waals surface area (Å²) < 4.78 is 25.0. The van der Waals surface area contributed by atoms with E-state index in [0.29, 0.717) is 6.42 Å². The molecule has 0 amide bonds. The zero-order valence-corrected chi connectivity index (χ0v) is 20.6. The Morgan fingerprint density at radius 1 is 0.704 bits per heavy atom. The van der Waals surface area contributed by atoms with Crippen molar-refractivity contribution in [2.75, 3.05) is 12.3 Å². The molecule has 0 atom stereocenters. The first-order valence-electron chi connectivity index (χ1n) is 10.6. The quantitative estimate of drug-likeness (QED) is 0.238. The molecule has 0 saturated heterocycles. The van der Waals surface area contributed by atoms with Crippen molar-refractivity contribution in [1.29, 1.82) is 0 Å². The van der Waals surface area contributed by atoms with Crippen LogP contribution in [0, 0.1) is 0 Å². The third kappa shape index (κ3) is 24.3. The van der Waals surface area contributed by atoms with Gasteiger partial charge in [-0.25, -0.2) is 13.1 Å². The first kappa shape index (κ1) is 29.6. The second kappa shape index (κ2) is 21.1. The van der Waals surface area contributed by atoms with Crippen molar-refractivity contribution in [3.05, 3.63) is 0 Å². The van der Waals surface area contributed by atoms with E-state index in [1.165, 1.54) is 77.0 Å². The van der Waals surface area contributed by atoms with Crippen molar-refractivity contribution in [1.82, 2.24) is 4.72 Å². The van der Waals surface area contributed by atoms with Gasteiger partial charge in [0.15, 0.2) is 0 Å². The van der Waals surface area contributed by atoms with Gasteiger partial charge in [0.05, 0.1) is 18.3 Å². The van der Waals surface area contributed by atoms with E-state index in [2.05, 4.69) is 6.92 Å². The topological polar surface area (TPSA) is 86.3 Å². The molecular weight excluding hydrogens is 373 g/mol. The number of aliphatic carboxylic acids is 1. The molecule has 0 aromatic rings. The van der Waals surface area contributed by atoms with Gasteiger partial charge in [0, 0.05) is 0 Å². The Kier molecular flexibility index (Phi) is 23.1. The standard InChI is InChI=1S/C20H41NO4S.Na/c1-2-3-4-5-6-7-8-9-10-11-12-13-14-15-16-17-18-26(24,25)21-19-20(22)23;/h21H,2-19H2,1H3,(H,22,23);/q;+1/p-1. The molecule has 5 nitrogen and oxygen atoms in total. The van der Waals surface area contributed by atoms with Crippen LogP contribution in [0.1, 0.15) is 110 Å². The maximum atomic E-state index is 11.5. The van der Waals surface area contributed by atoms with E-state index in [1.54, 1.807) is 0 Å². The maximum absolute atomic E-state index is 11.5. The number of carbonyl (C=O) groups is 1. The molecule has 0 aliphatic carbocycles. The Bertz CT molecular complexity index is 430. The van der Waals surface area contributed by atoms with Gasteiger partial charge in [0.2, 0.25) is 10.0 Å². The largest absolute Gasteiger partial charge is 1.00 e. The molecule has 0 aromatic heterocycles. The molecular formula is C20H40NNaO4S. The van der Waals surface area contributed by atoms with Crippen LogP contribution in [0.5, 0.6) is 0 Å². The van der Waals surface area contributed by atoms with Crippen LogP contribution in [0.4, 0.5) is 0 Å². The average molecular weight is 414 g/mol. The predicted octanol–water partition coefficient (Wildman–Crippen LogP) is 0.921. The first-order valence-corrected chi connectivity index (χ1v) is 12.3. The Labute approximate surface area is 189 Å². The van der Waals surface area contributed by atoms with E-state index in [1.807, 2.05) is 4.72 Å². The summed E-state index contributed by atoms with van der Waals surface area (Å²) >= 11 is 0. The molecule has 0 fully saturated rings. The number of unbranched alkanes of at least 4 members (excludes halogenated alkanes) is 15. The summed E-state index contributed by atoms with van der Waals surface area (Å²) in [5, 5.41) is 10.2. The van der Waals surface area contributed by atoms with Crippen molar-refractivity contribution in [3.8, 4) is 0 Å². The van der Waals surface area contributed by atoms with E-state index in [9.17, 15) is 18.3 Å². The van der Waals surface area contributed by atoms with Crippen LogP contribution in [-0.4, -0.2) is 26.7 Å². The number of carboxylic acids is 1. The third-order valence-corrected chi connectivity index (χ3v) is 6.11. The molecule has 1 N–H and O–H groups in total. The molecule has 0 aliphatic heterocycles. The van der Waals surface area contributed by atoms with Gasteiger partial charge in [-0.1, -0.05) is 103 Å². The minimum absolute atomic E-state index is 0. The van der Waals surface area contributed by atoms with Gasteiger partial charge in [-0.05, 0) is 6.42 Å². The van der Waals surface area contributed by atoms with Crippen LogP contribution >= 0.6 is 0 Å². The molecule has 0 saturated carbocycles. The van der Waals surface area contributed by atoms with Crippen LogP contribution in [0.2, 0.25) is 0 Å². The fraction of sp³-hybridized carbons (Fsp3) is 0.950. The summed E-state index contributed by atoms with van der Waals surface area (Å²) in [4.78, 5) is 10.2. The molecule has 156 valence electrons. The molecule has 27 heavy (non-hydrogen) atoms. The number of carboxylic acid groups (broad SMARTS) is 1. The summed E-state index contributed by atoms with van der Waals surface area (Å²) in [6.07, 6.45) is 19.9. The van der Waals surface area contributed by atoms with Gasteiger partial charge in [-0.15, -0.1) is 0 Å². The molecule has 0 unspecified atom stereocenters. The predicted molar refractivity (Wildman–Crippen MR) is 106 cm³/mol. The van der Waals surface area contributed by atoms with E-state index in [4.69, 9.17) is 0 Å². The van der Waals surface area contributed by atoms with Crippen LogP contribution in [0.15, 0.2) is 0 Å². The molecule has 7 heteroatoms. The summed E-state index contributed by atoms with van der Waals surface area (Å²) in [6, 6.07) is 0. The van der Waals surface area contributed by atoms with E-state index in [0.717, 1.165) is 19.3 Å². The van der Waals surface area contributed by atoms with Gasteiger partial charge >= 0.3 is 29.6 Å². The van der Waals surface area contributed by atoms with Crippen LogP contribution in [-0.2, 0) is 14.8 Å². The Morgan fingerprint density at radius 2 is 1.04 bits per heavy atom. The zero-order chi connectivity index (χ0) is 19.5. The van der Waals surface area contributed by atoms with Gasteiger partial charge in [0.1, 0.15) is 0 Å². The Morgan fingerprint density at radius 3 is 1.37 bits per heavy atom. The summed E-state index contributed by atoms with van der Waals surface area (Å²) in [7, 11) is -3.47. The van der Waals surface area contributed by atoms with Crippen molar-refractivity contribution >= 4 is 16.0 Å². The van der Waals surface area contributed by atoms with Gasteiger partial charge in [-0.2, -0.15) is 0 Å². The second-order valence-corrected chi connectivity index (χ2v) is 9.24. The summed E-state index contributed by atoms with van der Waals surface area (Å²) in [5.41, 5.74) is 0. The fourth-order valence-corrected chi connectivity index (χ4v) is 4.15. The minimum Gasteiger partial charge on any atom is -0.549 e. The zero-order valence-electron chi connectivity index (χ0n) is 17.8. The number of sulfonamides is 1. The number of hydrogen-bond donors (Lipinski definition) is 1. The van der Waals surface area contributed by atoms with Crippen molar-refractivity contribution in [2.45, 2.75) is 110 Å². The molecule has 0 rings (SSSR count). The SMILES string of the molecule is CCCCCCCCCCCCCCCCCCS(=O)(=O)NCC(=O)[O-].[Na+]. The van der Waals surface area contributed by atoms with E-state index in [-0.39, 0.29) is 35.3 Å². The smallest absolute Gasteiger partial charge is 0.549 e. The van der Waals surface area contributed by atoms with Gasteiger partial charge in [-0.3, -0.25) is 0 Å². The second-order valence-electron chi connectivity index (χ2n) is 7.32. The molecule has 0 aliphatic rings. The first-order chi connectivity index (χ1) is 12.5. The van der Waals surface area contributed by atoms with Crippen molar-refractivity contribution < 1.29 is 47.9 Å². The number of nitrogens with one attached hydrogen (secondary N) is 1.